The van der Waals surface area contributed by atoms with Crippen molar-refractivity contribution in [1.29, 1.82) is 0 Å². The molecular weight excluding hydrogens is 266 g/mol. The lowest BCUT2D eigenvalue weighted by Crippen LogP contribution is -1.94. The molecule has 2 rings (SSSR count). The van der Waals surface area contributed by atoms with E-state index in [0.717, 1.165) is 10.5 Å². The first-order chi connectivity index (χ1) is 8.77. The highest BCUT2D eigenvalue weighted by Gasteiger charge is 2.04. The predicted octanol–water partition coefficient (Wildman–Crippen LogP) is 4.19. The minimum atomic E-state index is 0.531. The van der Waals surface area contributed by atoms with E-state index in [1.165, 1.54) is 11.8 Å². The lowest BCUT2D eigenvalue weighted by Gasteiger charge is -2.08. The van der Waals surface area contributed by atoms with Crippen LogP contribution >= 0.6 is 23.4 Å². The van der Waals surface area contributed by atoms with E-state index in [0.29, 0.717) is 23.3 Å². The molecular formula is C14H14ClNOS. The Morgan fingerprint density at radius 1 is 1.06 bits per heavy atom. The standard InChI is InChI=1S/C14H14ClNOS/c15-12-7-4-8-13(16)14(12)18-10-17-9-11-5-2-1-3-6-11/h1-8H,9-10,16H2. The van der Waals surface area contributed by atoms with E-state index in [2.05, 4.69) is 0 Å². The molecule has 0 spiro atoms. The van der Waals surface area contributed by atoms with Gasteiger partial charge >= 0.3 is 0 Å². The molecule has 0 aliphatic rings. The van der Waals surface area contributed by atoms with Crippen molar-refractivity contribution < 1.29 is 4.74 Å². The summed E-state index contributed by atoms with van der Waals surface area (Å²) in [6.07, 6.45) is 0. The Balaban J connectivity index is 1.82. The zero-order valence-electron chi connectivity index (χ0n) is 9.80. The Hall–Kier alpha value is -1.16. The summed E-state index contributed by atoms with van der Waals surface area (Å²) >= 11 is 7.58. The second kappa shape index (κ2) is 6.69. The van der Waals surface area contributed by atoms with E-state index >= 15 is 0 Å². The number of rotatable bonds is 5. The first kappa shape index (κ1) is 13.3. The van der Waals surface area contributed by atoms with E-state index in [4.69, 9.17) is 22.1 Å². The Bertz CT molecular complexity index is 484. The van der Waals surface area contributed by atoms with Gasteiger partial charge in [0.2, 0.25) is 0 Å². The summed E-state index contributed by atoms with van der Waals surface area (Å²) in [5.74, 6) is 0.531. The van der Waals surface area contributed by atoms with Crippen LogP contribution in [0, 0.1) is 0 Å². The zero-order valence-corrected chi connectivity index (χ0v) is 11.4. The molecule has 0 heterocycles. The van der Waals surface area contributed by atoms with Gasteiger partial charge in [-0.2, -0.15) is 0 Å². The molecule has 0 aliphatic carbocycles. The second-order valence-corrected chi connectivity index (χ2v) is 5.09. The average Bonchev–Trinajstić information content (AvgIpc) is 2.38. The Labute approximate surface area is 116 Å². The first-order valence-electron chi connectivity index (χ1n) is 5.56. The van der Waals surface area contributed by atoms with Gasteiger partial charge in [-0.3, -0.25) is 0 Å². The van der Waals surface area contributed by atoms with Crippen molar-refractivity contribution in [2.45, 2.75) is 11.5 Å². The van der Waals surface area contributed by atoms with Crippen molar-refractivity contribution in [2.24, 2.45) is 0 Å². The predicted molar refractivity (Wildman–Crippen MR) is 77.8 cm³/mol. The lowest BCUT2D eigenvalue weighted by atomic mass is 10.2. The van der Waals surface area contributed by atoms with Crippen molar-refractivity contribution >= 4 is 29.1 Å². The quantitative estimate of drug-likeness (QED) is 0.386. The molecule has 18 heavy (non-hydrogen) atoms. The molecule has 2 nitrogen and oxygen atoms in total. The Morgan fingerprint density at radius 3 is 2.56 bits per heavy atom. The van der Waals surface area contributed by atoms with Gasteiger partial charge in [0.25, 0.3) is 0 Å². The number of anilines is 1. The maximum atomic E-state index is 6.07. The minimum Gasteiger partial charge on any atom is -0.398 e. The summed E-state index contributed by atoms with van der Waals surface area (Å²) < 4.78 is 5.58. The fourth-order valence-corrected chi connectivity index (χ4v) is 2.58. The smallest absolute Gasteiger partial charge is 0.0972 e. The molecule has 2 aromatic rings. The molecule has 0 atom stereocenters. The molecule has 94 valence electrons. The number of hydrogen-bond acceptors (Lipinski definition) is 3. The minimum absolute atomic E-state index is 0.531. The molecule has 0 saturated carbocycles. The van der Waals surface area contributed by atoms with Gasteiger partial charge in [-0.05, 0) is 17.7 Å². The van der Waals surface area contributed by atoms with Crippen LogP contribution in [0.5, 0.6) is 0 Å². The summed E-state index contributed by atoms with van der Waals surface area (Å²) in [6, 6.07) is 15.6. The third-order valence-electron chi connectivity index (χ3n) is 2.40. The van der Waals surface area contributed by atoms with Gasteiger partial charge in [0.05, 0.1) is 22.5 Å². The van der Waals surface area contributed by atoms with Crippen LogP contribution in [0.1, 0.15) is 5.56 Å². The van der Waals surface area contributed by atoms with Gasteiger partial charge in [0.1, 0.15) is 0 Å². The molecule has 0 aliphatic heterocycles. The number of nitrogens with two attached hydrogens (primary N) is 1. The van der Waals surface area contributed by atoms with Gasteiger partial charge in [-0.1, -0.05) is 59.8 Å². The molecule has 0 fully saturated rings. The number of benzene rings is 2. The monoisotopic (exact) mass is 279 g/mol. The zero-order chi connectivity index (χ0) is 12.8. The third kappa shape index (κ3) is 3.67. The largest absolute Gasteiger partial charge is 0.398 e. The molecule has 0 unspecified atom stereocenters. The van der Waals surface area contributed by atoms with E-state index in [1.54, 1.807) is 0 Å². The first-order valence-corrected chi connectivity index (χ1v) is 6.92. The molecule has 0 bridgehead atoms. The molecule has 4 heteroatoms. The second-order valence-electron chi connectivity index (χ2n) is 3.75. The van der Waals surface area contributed by atoms with Gasteiger partial charge in [0, 0.05) is 5.69 Å². The van der Waals surface area contributed by atoms with Gasteiger partial charge < -0.3 is 10.5 Å². The summed E-state index contributed by atoms with van der Waals surface area (Å²) in [4.78, 5) is 0.882. The molecule has 2 aromatic carbocycles. The summed E-state index contributed by atoms with van der Waals surface area (Å²) in [7, 11) is 0. The maximum Gasteiger partial charge on any atom is 0.0972 e. The van der Waals surface area contributed by atoms with Crippen LogP contribution in [0.15, 0.2) is 53.4 Å². The van der Waals surface area contributed by atoms with Crippen LogP contribution in [0.3, 0.4) is 0 Å². The fraction of sp³-hybridized carbons (Fsp3) is 0.143. The topological polar surface area (TPSA) is 35.2 Å². The van der Waals surface area contributed by atoms with E-state index in [1.807, 2.05) is 48.5 Å². The van der Waals surface area contributed by atoms with Crippen LogP contribution < -0.4 is 5.73 Å². The fourth-order valence-electron chi connectivity index (χ4n) is 1.51. The van der Waals surface area contributed by atoms with E-state index < -0.39 is 0 Å². The van der Waals surface area contributed by atoms with Crippen molar-refractivity contribution in [1.82, 2.24) is 0 Å². The van der Waals surface area contributed by atoms with Crippen LogP contribution in [-0.4, -0.2) is 5.94 Å². The van der Waals surface area contributed by atoms with E-state index in [9.17, 15) is 0 Å². The van der Waals surface area contributed by atoms with Crippen LogP contribution in [0.25, 0.3) is 0 Å². The molecule has 0 amide bonds. The van der Waals surface area contributed by atoms with Crippen molar-refractivity contribution in [3.05, 3.63) is 59.1 Å². The Kier molecular flexibility index (Phi) is 4.93. The SMILES string of the molecule is Nc1cccc(Cl)c1SCOCc1ccccc1. The number of halogens is 1. The Morgan fingerprint density at radius 2 is 1.83 bits per heavy atom. The number of hydrogen-bond donors (Lipinski definition) is 1. The van der Waals surface area contributed by atoms with Gasteiger partial charge in [0.15, 0.2) is 0 Å². The number of ether oxygens (including phenoxy) is 1. The lowest BCUT2D eigenvalue weighted by molar-refractivity contribution is 0.169. The molecule has 2 N–H and O–H groups in total. The normalized spacial score (nSPS) is 10.5. The van der Waals surface area contributed by atoms with Crippen molar-refractivity contribution in [3.63, 3.8) is 0 Å². The van der Waals surface area contributed by atoms with Crippen LogP contribution in [0.4, 0.5) is 5.69 Å². The number of nitrogen functional groups attached to an aromatic ring is 1. The van der Waals surface area contributed by atoms with Crippen LogP contribution in [-0.2, 0) is 11.3 Å². The maximum absolute atomic E-state index is 6.07. The third-order valence-corrected chi connectivity index (χ3v) is 3.85. The van der Waals surface area contributed by atoms with Gasteiger partial charge in [-0.15, -0.1) is 0 Å². The van der Waals surface area contributed by atoms with Crippen molar-refractivity contribution in [3.8, 4) is 0 Å². The summed E-state index contributed by atoms with van der Waals surface area (Å²) in [5.41, 5.74) is 7.70. The van der Waals surface area contributed by atoms with Crippen LogP contribution in [0.2, 0.25) is 5.02 Å². The van der Waals surface area contributed by atoms with Gasteiger partial charge in [-0.25, -0.2) is 0 Å². The van der Waals surface area contributed by atoms with Crippen molar-refractivity contribution in [2.75, 3.05) is 11.7 Å². The molecule has 0 saturated heterocycles. The van der Waals surface area contributed by atoms with E-state index in [-0.39, 0.29) is 0 Å². The molecule has 0 aromatic heterocycles. The highest BCUT2D eigenvalue weighted by molar-refractivity contribution is 7.99. The highest BCUT2D eigenvalue weighted by Crippen LogP contribution is 2.32. The average molecular weight is 280 g/mol. The number of thioether (sulfide) groups is 1. The highest BCUT2D eigenvalue weighted by atomic mass is 35.5. The summed E-state index contributed by atoms with van der Waals surface area (Å²) in [6.45, 7) is 0.595. The molecule has 0 radical (unpaired) electrons. The summed E-state index contributed by atoms with van der Waals surface area (Å²) in [5, 5.41) is 0.670.